The van der Waals surface area contributed by atoms with Crippen molar-refractivity contribution in [2.75, 3.05) is 0 Å². The van der Waals surface area contributed by atoms with Crippen LogP contribution >= 0.6 is 0 Å². The Balaban J connectivity index is 1.70. The van der Waals surface area contributed by atoms with E-state index in [2.05, 4.69) is 42.6 Å². The zero-order valence-corrected chi connectivity index (χ0v) is 11.7. The van der Waals surface area contributed by atoms with Crippen LogP contribution in [0.4, 0.5) is 0 Å². The second-order valence-corrected chi connectivity index (χ2v) is 5.78. The lowest BCUT2D eigenvalue weighted by Gasteiger charge is -2.21. The van der Waals surface area contributed by atoms with Gasteiger partial charge in [0.2, 0.25) is 0 Å². The van der Waals surface area contributed by atoms with Crippen molar-refractivity contribution in [3.63, 3.8) is 0 Å². The second-order valence-electron chi connectivity index (χ2n) is 5.78. The highest BCUT2D eigenvalue weighted by Gasteiger charge is 2.21. The van der Waals surface area contributed by atoms with Crippen molar-refractivity contribution in [3.8, 4) is 5.75 Å². The van der Waals surface area contributed by atoms with Crippen LogP contribution in [0.2, 0.25) is 0 Å². The zero-order chi connectivity index (χ0) is 13.1. The third kappa shape index (κ3) is 3.60. The van der Waals surface area contributed by atoms with Gasteiger partial charge in [-0.15, -0.1) is 0 Å². The molecule has 1 aromatic rings. The molecule has 1 saturated carbocycles. The normalized spacial score (nSPS) is 22.5. The highest BCUT2D eigenvalue weighted by molar-refractivity contribution is 5.37. The molecule has 2 aliphatic carbocycles. The molecule has 1 unspecified atom stereocenters. The fourth-order valence-electron chi connectivity index (χ4n) is 2.55. The predicted molar refractivity (Wildman–Crippen MR) is 78.4 cm³/mol. The van der Waals surface area contributed by atoms with Crippen LogP contribution in [0.3, 0.4) is 0 Å². The Bertz CT molecular complexity index is 462. The molecule has 2 heteroatoms. The highest BCUT2D eigenvalue weighted by Crippen LogP contribution is 2.26. The molecule has 2 nitrogen and oxygen atoms in total. The van der Waals surface area contributed by atoms with E-state index in [1.807, 2.05) is 0 Å². The highest BCUT2D eigenvalue weighted by atomic mass is 16.5. The minimum absolute atomic E-state index is 0.260. The van der Waals surface area contributed by atoms with E-state index >= 15 is 0 Å². The van der Waals surface area contributed by atoms with Crippen LogP contribution in [-0.2, 0) is 6.54 Å². The van der Waals surface area contributed by atoms with Crippen LogP contribution in [-0.4, -0.2) is 12.1 Å². The third-order valence-corrected chi connectivity index (χ3v) is 3.86. The van der Waals surface area contributed by atoms with Gasteiger partial charge in [-0.3, -0.25) is 0 Å². The van der Waals surface area contributed by atoms with E-state index in [4.69, 9.17) is 4.74 Å². The molecule has 1 fully saturated rings. The van der Waals surface area contributed by atoms with E-state index in [9.17, 15) is 0 Å². The van der Waals surface area contributed by atoms with Gasteiger partial charge < -0.3 is 10.1 Å². The van der Waals surface area contributed by atoms with Gasteiger partial charge in [0.25, 0.3) is 0 Å². The Kier molecular flexibility index (Phi) is 3.88. The first-order chi connectivity index (χ1) is 9.31. The molecule has 19 heavy (non-hydrogen) atoms. The summed E-state index contributed by atoms with van der Waals surface area (Å²) in [5, 5.41) is 3.58. The fraction of sp³-hybridized carbons (Fsp3) is 0.529. The first kappa shape index (κ1) is 12.7. The summed E-state index contributed by atoms with van der Waals surface area (Å²) in [7, 11) is 0. The van der Waals surface area contributed by atoms with Gasteiger partial charge in [0.1, 0.15) is 11.9 Å². The largest absolute Gasteiger partial charge is 0.486 e. The van der Waals surface area contributed by atoms with Gasteiger partial charge in [0, 0.05) is 18.2 Å². The van der Waals surface area contributed by atoms with Crippen LogP contribution < -0.4 is 10.1 Å². The van der Waals surface area contributed by atoms with Gasteiger partial charge in [-0.05, 0) is 51.2 Å². The summed E-state index contributed by atoms with van der Waals surface area (Å²) < 4.78 is 6.17. The van der Waals surface area contributed by atoms with E-state index in [1.54, 1.807) is 0 Å². The summed E-state index contributed by atoms with van der Waals surface area (Å²) in [5.41, 5.74) is 2.60. The standard InChI is InChI=1S/C17H23NO/c1-13-7-10-17(19-16-5-3-2-4-6-16)14(11-13)12-18-15-8-9-15/h3,5,7,10-11,15-16,18H,2,4,6,8-9,12H2,1H3. The second kappa shape index (κ2) is 5.79. The molecule has 1 atom stereocenters. The van der Waals surface area contributed by atoms with Crippen molar-refractivity contribution in [2.24, 2.45) is 0 Å². The van der Waals surface area contributed by atoms with E-state index in [-0.39, 0.29) is 6.10 Å². The van der Waals surface area contributed by atoms with Crippen LogP contribution in [0.15, 0.2) is 30.4 Å². The lowest BCUT2D eigenvalue weighted by molar-refractivity contribution is 0.227. The SMILES string of the molecule is Cc1ccc(OC2C=CCCC2)c(CNC2CC2)c1. The Labute approximate surface area is 115 Å². The molecule has 1 N–H and O–H groups in total. The summed E-state index contributed by atoms with van der Waals surface area (Å²) in [6.07, 6.45) is 10.9. The predicted octanol–water partition coefficient (Wildman–Crippen LogP) is 3.73. The molecule has 0 aliphatic heterocycles. The minimum atomic E-state index is 0.260. The number of nitrogens with one attached hydrogen (secondary N) is 1. The summed E-state index contributed by atoms with van der Waals surface area (Å²) in [6, 6.07) is 7.25. The van der Waals surface area contributed by atoms with E-state index in [0.29, 0.717) is 0 Å². The maximum Gasteiger partial charge on any atom is 0.124 e. The van der Waals surface area contributed by atoms with E-state index in [0.717, 1.165) is 24.8 Å². The Morgan fingerprint density at radius 1 is 1.26 bits per heavy atom. The molecular formula is C17H23NO. The monoisotopic (exact) mass is 257 g/mol. The number of rotatable bonds is 5. The van der Waals surface area contributed by atoms with Gasteiger partial charge in [0.15, 0.2) is 0 Å². The lowest BCUT2D eigenvalue weighted by atomic mass is 10.0. The minimum Gasteiger partial charge on any atom is -0.486 e. The molecule has 0 radical (unpaired) electrons. The third-order valence-electron chi connectivity index (χ3n) is 3.86. The molecule has 0 amide bonds. The van der Waals surface area contributed by atoms with Gasteiger partial charge in [-0.1, -0.05) is 23.8 Å². The Hall–Kier alpha value is -1.28. The number of hydrogen-bond donors (Lipinski definition) is 1. The van der Waals surface area contributed by atoms with E-state index in [1.165, 1.54) is 36.8 Å². The summed E-state index contributed by atoms with van der Waals surface area (Å²) in [4.78, 5) is 0. The zero-order valence-electron chi connectivity index (χ0n) is 11.7. The summed E-state index contributed by atoms with van der Waals surface area (Å²) in [5.74, 6) is 1.05. The smallest absolute Gasteiger partial charge is 0.124 e. The molecular weight excluding hydrogens is 234 g/mol. The van der Waals surface area contributed by atoms with Gasteiger partial charge >= 0.3 is 0 Å². The number of benzene rings is 1. The molecule has 0 aromatic heterocycles. The molecule has 0 bridgehead atoms. The molecule has 102 valence electrons. The first-order valence-electron chi connectivity index (χ1n) is 7.47. The first-order valence-corrected chi connectivity index (χ1v) is 7.47. The van der Waals surface area contributed by atoms with Crippen molar-refractivity contribution in [1.82, 2.24) is 5.32 Å². The fourth-order valence-corrected chi connectivity index (χ4v) is 2.55. The average molecular weight is 257 g/mol. The van der Waals surface area contributed by atoms with Crippen molar-refractivity contribution < 1.29 is 4.74 Å². The lowest BCUT2D eigenvalue weighted by Crippen LogP contribution is -2.19. The Morgan fingerprint density at radius 3 is 2.89 bits per heavy atom. The molecule has 2 aliphatic rings. The number of ether oxygens (including phenoxy) is 1. The van der Waals surface area contributed by atoms with Crippen molar-refractivity contribution in [3.05, 3.63) is 41.5 Å². The maximum atomic E-state index is 6.17. The molecule has 1 aromatic carbocycles. The topological polar surface area (TPSA) is 21.3 Å². The molecule has 0 spiro atoms. The summed E-state index contributed by atoms with van der Waals surface area (Å²) in [6.45, 7) is 3.07. The van der Waals surface area contributed by atoms with Crippen LogP contribution in [0.1, 0.15) is 43.2 Å². The van der Waals surface area contributed by atoms with Crippen LogP contribution in [0.25, 0.3) is 0 Å². The number of allylic oxidation sites excluding steroid dienone is 1. The van der Waals surface area contributed by atoms with Gasteiger partial charge in [0.05, 0.1) is 0 Å². The van der Waals surface area contributed by atoms with Crippen molar-refractivity contribution in [2.45, 2.75) is 57.7 Å². The van der Waals surface area contributed by atoms with E-state index < -0.39 is 0 Å². The van der Waals surface area contributed by atoms with Crippen LogP contribution in [0, 0.1) is 6.92 Å². The number of aryl methyl sites for hydroxylation is 1. The maximum absolute atomic E-state index is 6.17. The molecule has 0 saturated heterocycles. The Morgan fingerprint density at radius 2 is 2.16 bits per heavy atom. The van der Waals surface area contributed by atoms with Gasteiger partial charge in [-0.25, -0.2) is 0 Å². The van der Waals surface area contributed by atoms with Crippen molar-refractivity contribution in [1.29, 1.82) is 0 Å². The number of hydrogen-bond acceptors (Lipinski definition) is 2. The summed E-state index contributed by atoms with van der Waals surface area (Å²) >= 11 is 0. The molecule has 3 rings (SSSR count). The quantitative estimate of drug-likeness (QED) is 0.811. The van der Waals surface area contributed by atoms with Gasteiger partial charge in [-0.2, -0.15) is 0 Å². The average Bonchev–Trinajstić information content (AvgIpc) is 3.24. The van der Waals surface area contributed by atoms with Crippen LogP contribution in [0.5, 0.6) is 5.75 Å². The van der Waals surface area contributed by atoms with Crippen molar-refractivity contribution >= 4 is 0 Å². The molecule has 0 heterocycles.